The lowest BCUT2D eigenvalue weighted by Gasteiger charge is -2.46. The van der Waals surface area contributed by atoms with Gasteiger partial charge in [0.1, 0.15) is 11.2 Å². The Morgan fingerprint density at radius 2 is 0.542 bits per heavy atom. The number of anilines is 6. The highest BCUT2D eigenvalue weighted by Gasteiger charge is 2.46. The van der Waals surface area contributed by atoms with Crippen LogP contribution >= 0.6 is 0 Å². The van der Waals surface area contributed by atoms with E-state index < -0.39 is 103 Å². The molecule has 0 radical (unpaired) electrons. The minimum absolute atomic E-state index is 0.0818. The second-order valence-corrected chi connectivity index (χ2v) is 30.6. The molecule has 2 aliphatic rings. The molecule has 0 bridgehead atoms. The zero-order valence-electron chi connectivity index (χ0n) is 80.2. The highest BCUT2D eigenvalue weighted by Crippen LogP contribution is 2.57. The molecule has 0 saturated heterocycles. The molecular weight excluding hydrogens is 1450 g/mol. The number of aromatic nitrogens is 2. The molecule has 5 heterocycles. The molecule has 120 heavy (non-hydrogen) atoms. The Balaban J connectivity index is 0.928. The lowest BCUT2D eigenvalue weighted by molar-refractivity contribution is 0.669. The van der Waals surface area contributed by atoms with E-state index in [-0.39, 0.29) is 55.0 Å². The normalized spacial score (nSPS) is 14.2. The van der Waals surface area contributed by atoms with Crippen molar-refractivity contribution in [1.29, 1.82) is 0 Å². The second-order valence-electron chi connectivity index (χ2n) is 30.6. The van der Waals surface area contributed by atoms with Crippen LogP contribution in [0.15, 0.2) is 447 Å². The standard InChI is InChI=1S/C114H73BN4O/c1-7-31-74(32-8-1)80-43-29-45-83(63-80)97-68-85(76-35-11-3-12-36-76)66-95(78-39-15-5-16-40-78)113(97)118-106-72-88(116-102-52-24-19-47-90(102)91-48-20-25-53-103(91)116)58-60-100(106)115-101-61-59-89(117-104-54-26-21-49-92(104)93-50-22-27-55-105(93)117)73-107(101)119(109-71-87(70-108(118)112(109)115)82-57-62-111-99(65-82)94-51-23-28-56-110(94)120-111)114-96(79-41-17-6-18-42-79)67-86(77-37-13-4-14-38-77)69-98(114)84-46-30-44-81(64-84)75-33-9-2-10-34-75/h1-73H/i19D,20D,21D,22D,24D,25D,26D,27D,47D,48D,49D,50D,52D,53D,54D,55D. The van der Waals surface area contributed by atoms with E-state index in [2.05, 4.69) is 186 Å². The van der Waals surface area contributed by atoms with Crippen LogP contribution in [0.2, 0.25) is 0 Å². The van der Waals surface area contributed by atoms with E-state index in [1.165, 1.54) is 0 Å². The first kappa shape index (κ1) is 54.2. The van der Waals surface area contributed by atoms with Gasteiger partial charge >= 0.3 is 0 Å². The van der Waals surface area contributed by atoms with Crippen molar-refractivity contribution < 1.29 is 26.3 Å². The number of fused-ring (bicyclic) bond motifs is 13. The quantitative estimate of drug-likeness (QED) is 0.108. The minimum atomic E-state index is -0.886. The van der Waals surface area contributed by atoms with Crippen molar-refractivity contribution in [2.75, 3.05) is 9.80 Å². The van der Waals surface area contributed by atoms with Gasteiger partial charge in [0.05, 0.1) is 55.4 Å². The second kappa shape index (κ2) is 28.0. The van der Waals surface area contributed by atoms with Gasteiger partial charge in [0, 0.05) is 88.7 Å². The van der Waals surface area contributed by atoms with Crippen LogP contribution < -0.4 is 26.2 Å². The van der Waals surface area contributed by atoms with Gasteiger partial charge in [0.25, 0.3) is 6.71 Å². The van der Waals surface area contributed by atoms with Crippen molar-refractivity contribution in [3.63, 3.8) is 0 Å². The van der Waals surface area contributed by atoms with Crippen molar-refractivity contribution in [2.24, 2.45) is 0 Å². The van der Waals surface area contributed by atoms with Gasteiger partial charge < -0.3 is 23.4 Å². The Morgan fingerprint density at radius 3 is 0.958 bits per heavy atom. The molecule has 0 aliphatic carbocycles. The van der Waals surface area contributed by atoms with E-state index in [0.29, 0.717) is 61.8 Å². The predicted molar refractivity (Wildman–Crippen MR) is 505 cm³/mol. The SMILES string of the molecule is [2H]c1c([2H])c([2H])c2c(c1[2H])c1c([2H])c([2H])c([2H])c([2H])c1n2-c1ccc2c(c1)N(c1c(-c3ccccc3)cc(-c3ccccc3)cc1-c1cccc(-c3ccccc3)c1)c1cc(-c3ccc4oc5ccccc5c4c3)cc3c1B2c1ccc(-n2c4c([2H])c([2H])c([2H])c([2H])c4c4c([2H])c([2H])c([2H])c([2H])c42)cc1N3c1c(-c2ccccc2)cc(-c2ccccc2)cc1-c1cccc(-c2ccccc2)c1. The topological polar surface area (TPSA) is 29.5 Å². The summed E-state index contributed by atoms with van der Waals surface area (Å²) in [5.41, 5.74) is 22.8. The third-order valence-electron chi connectivity index (χ3n) is 23.9. The molecule has 2 aliphatic heterocycles. The Bertz CT molecular complexity index is 8280. The highest BCUT2D eigenvalue weighted by molar-refractivity contribution is 7.00. The van der Waals surface area contributed by atoms with Gasteiger partial charge in [0.15, 0.2) is 0 Å². The summed E-state index contributed by atoms with van der Waals surface area (Å²) in [6.07, 6.45) is 0. The molecule has 0 N–H and O–H groups in total. The summed E-state index contributed by atoms with van der Waals surface area (Å²) in [5, 5.41) is 1.32. The number of furan rings is 1. The zero-order chi connectivity index (χ0) is 92.8. The Labute approximate surface area is 718 Å². The fraction of sp³-hybridized carbons (Fsp3) is 0. The summed E-state index contributed by atoms with van der Waals surface area (Å²) in [7, 11) is 0. The van der Waals surface area contributed by atoms with Gasteiger partial charge in [-0.05, 0) is 209 Å². The number of nitrogens with zero attached hydrogens (tertiary/aromatic N) is 4. The summed E-state index contributed by atoms with van der Waals surface area (Å²) in [4.78, 5) is 4.67. The van der Waals surface area contributed by atoms with Crippen molar-refractivity contribution in [3.05, 3.63) is 442 Å². The molecule has 22 aromatic rings. The molecule has 0 spiro atoms. The van der Waals surface area contributed by atoms with Crippen molar-refractivity contribution in [2.45, 2.75) is 0 Å². The average molecular weight is 1540 g/mol. The van der Waals surface area contributed by atoms with Crippen LogP contribution in [0.1, 0.15) is 21.9 Å². The molecule has 0 atom stereocenters. The van der Waals surface area contributed by atoms with E-state index in [0.717, 1.165) is 111 Å². The molecule has 3 aromatic heterocycles. The maximum Gasteiger partial charge on any atom is 0.252 e. The molecule has 0 amide bonds. The maximum absolute atomic E-state index is 10.1. The Hall–Kier alpha value is -15.8. The fourth-order valence-electron chi connectivity index (χ4n) is 18.6. The van der Waals surface area contributed by atoms with Gasteiger partial charge in [-0.25, -0.2) is 0 Å². The number of rotatable bonds is 13. The maximum atomic E-state index is 10.1. The summed E-state index contributed by atoms with van der Waals surface area (Å²) in [6.45, 7) is -0.886. The summed E-state index contributed by atoms with van der Waals surface area (Å²) in [5.74, 6) is 0. The van der Waals surface area contributed by atoms with Crippen LogP contribution in [-0.4, -0.2) is 15.8 Å². The average Bonchev–Trinajstić information content (AvgIpc) is 1.00. The molecular formula is C114H73BN4O. The van der Waals surface area contributed by atoms with Crippen LogP contribution in [-0.2, 0) is 0 Å². The lowest BCUT2D eigenvalue weighted by atomic mass is 9.33. The Kier molecular flexibility index (Phi) is 12.6. The first-order valence-corrected chi connectivity index (χ1v) is 40.1. The summed E-state index contributed by atoms with van der Waals surface area (Å²) in [6, 6.07) is 109. The molecule has 0 saturated carbocycles. The van der Waals surface area contributed by atoms with Crippen LogP contribution in [0.3, 0.4) is 0 Å². The number of para-hydroxylation sites is 5. The predicted octanol–water partition coefficient (Wildman–Crippen LogP) is 28.9. The monoisotopic (exact) mass is 1540 g/mol. The van der Waals surface area contributed by atoms with Gasteiger partial charge in [-0.2, -0.15) is 0 Å². The van der Waals surface area contributed by atoms with Gasteiger partial charge in [-0.15, -0.1) is 0 Å². The van der Waals surface area contributed by atoms with Crippen LogP contribution in [0.25, 0.3) is 177 Å². The molecule has 19 aromatic carbocycles. The van der Waals surface area contributed by atoms with Crippen molar-refractivity contribution in [1.82, 2.24) is 9.13 Å². The van der Waals surface area contributed by atoms with Gasteiger partial charge in [-0.1, -0.05) is 327 Å². The fourth-order valence-corrected chi connectivity index (χ4v) is 18.6. The van der Waals surface area contributed by atoms with E-state index >= 15 is 0 Å². The number of benzene rings is 19. The van der Waals surface area contributed by atoms with Crippen LogP contribution in [0.5, 0.6) is 0 Å². The molecule has 0 fully saturated rings. The first-order chi connectivity index (χ1) is 66.2. The molecule has 558 valence electrons. The minimum Gasteiger partial charge on any atom is -0.456 e. The first-order valence-electron chi connectivity index (χ1n) is 48.1. The molecule has 0 unspecified atom stereocenters. The molecule has 6 heteroatoms. The number of hydrogen-bond donors (Lipinski definition) is 0. The Morgan fingerprint density at radius 1 is 0.217 bits per heavy atom. The third-order valence-corrected chi connectivity index (χ3v) is 23.9. The largest absolute Gasteiger partial charge is 0.456 e. The van der Waals surface area contributed by atoms with E-state index in [4.69, 9.17) is 4.42 Å². The highest BCUT2D eigenvalue weighted by atomic mass is 16.3. The smallest absolute Gasteiger partial charge is 0.252 e. The zero-order valence-corrected chi connectivity index (χ0v) is 64.2. The van der Waals surface area contributed by atoms with Gasteiger partial charge in [0.2, 0.25) is 0 Å². The third kappa shape index (κ3) is 11.2. The molecule has 5 nitrogen and oxygen atoms in total. The van der Waals surface area contributed by atoms with Crippen LogP contribution in [0, 0.1) is 0 Å². The summed E-state index contributed by atoms with van der Waals surface area (Å²) >= 11 is 0. The lowest BCUT2D eigenvalue weighted by Crippen LogP contribution is -2.61. The van der Waals surface area contributed by atoms with Crippen molar-refractivity contribution in [3.8, 4) is 112 Å². The van der Waals surface area contributed by atoms with E-state index in [1.807, 2.05) is 170 Å². The summed E-state index contributed by atoms with van der Waals surface area (Å²) < 4.78 is 164. The molecule has 24 rings (SSSR count). The van der Waals surface area contributed by atoms with Crippen molar-refractivity contribution >= 4 is 123 Å². The van der Waals surface area contributed by atoms with E-state index in [1.54, 1.807) is 9.13 Å². The number of hydrogen-bond acceptors (Lipinski definition) is 3. The van der Waals surface area contributed by atoms with Gasteiger partial charge in [-0.3, -0.25) is 0 Å². The van der Waals surface area contributed by atoms with E-state index in [9.17, 15) is 21.9 Å². The van der Waals surface area contributed by atoms with Crippen LogP contribution in [0.4, 0.5) is 34.1 Å².